The number of carbonyl (C=O) groups is 1. The lowest BCUT2D eigenvalue weighted by Gasteiger charge is -2.11. The second-order valence-electron chi connectivity index (χ2n) is 5.30. The van der Waals surface area contributed by atoms with Gasteiger partial charge >= 0.3 is 0 Å². The fourth-order valence-electron chi connectivity index (χ4n) is 2.17. The molecule has 10 heteroatoms. The molecule has 0 unspecified atom stereocenters. The molecule has 0 aliphatic carbocycles. The maximum atomic E-state index is 12.5. The van der Waals surface area contributed by atoms with Crippen LogP contribution in [0.4, 0.5) is 11.4 Å². The summed E-state index contributed by atoms with van der Waals surface area (Å²) in [6.45, 7) is 0. The van der Waals surface area contributed by atoms with Gasteiger partial charge in [-0.1, -0.05) is 29.3 Å². The number of amides is 1. The van der Waals surface area contributed by atoms with Crippen LogP contribution in [-0.4, -0.2) is 24.3 Å². The van der Waals surface area contributed by atoms with Gasteiger partial charge in [-0.05, 0) is 42.5 Å². The first-order valence-electron chi connectivity index (χ1n) is 7.51. The smallest absolute Gasteiger partial charge is 0.264 e. The predicted octanol–water partition coefficient (Wildman–Crippen LogP) is 3.84. The highest BCUT2D eigenvalue weighted by Gasteiger charge is 2.20. The molecule has 0 saturated carbocycles. The Bertz CT molecular complexity index is 1090. The zero-order valence-electron chi connectivity index (χ0n) is 13.6. The molecule has 2 heterocycles. The van der Waals surface area contributed by atoms with Crippen molar-refractivity contribution in [2.75, 3.05) is 10.0 Å². The predicted molar refractivity (Wildman–Crippen MR) is 104 cm³/mol. The number of halogens is 2. The van der Waals surface area contributed by atoms with Gasteiger partial charge in [0.1, 0.15) is 10.0 Å². The van der Waals surface area contributed by atoms with E-state index in [-0.39, 0.29) is 26.5 Å². The summed E-state index contributed by atoms with van der Waals surface area (Å²) in [4.78, 5) is 19.7. The van der Waals surface area contributed by atoms with Crippen molar-refractivity contribution in [1.82, 2.24) is 9.97 Å². The molecule has 0 bridgehead atoms. The van der Waals surface area contributed by atoms with Crippen LogP contribution in [0.15, 0.2) is 65.8 Å². The number of carbonyl (C=O) groups excluding carboxylic acids is 1. The van der Waals surface area contributed by atoms with E-state index in [4.69, 9.17) is 23.2 Å². The summed E-state index contributed by atoms with van der Waals surface area (Å²) in [7, 11) is -4.01. The van der Waals surface area contributed by atoms with Crippen molar-refractivity contribution in [2.24, 2.45) is 0 Å². The molecule has 1 amide bonds. The standard InChI is InChI=1S/C17H12Cl2N4O3S/c18-15-5-4-14(16(19)22-15)27(25,26)23-13-3-1-2-11(10-13)17(24)21-12-6-8-20-9-7-12/h1-10,23H,(H,20,21,24). The van der Waals surface area contributed by atoms with Crippen molar-refractivity contribution < 1.29 is 13.2 Å². The Morgan fingerprint density at radius 1 is 0.963 bits per heavy atom. The Balaban J connectivity index is 1.82. The summed E-state index contributed by atoms with van der Waals surface area (Å²) >= 11 is 11.6. The van der Waals surface area contributed by atoms with Crippen LogP contribution in [0.2, 0.25) is 10.3 Å². The number of nitrogens with one attached hydrogen (secondary N) is 2. The fourth-order valence-corrected chi connectivity index (χ4v) is 3.88. The molecule has 138 valence electrons. The van der Waals surface area contributed by atoms with Gasteiger partial charge in [-0.2, -0.15) is 0 Å². The molecule has 27 heavy (non-hydrogen) atoms. The Hall–Kier alpha value is -2.68. The van der Waals surface area contributed by atoms with Gasteiger partial charge < -0.3 is 5.32 Å². The van der Waals surface area contributed by atoms with E-state index in [0.29, 0.717) is 5.69 Å². The first kappa shape index (κ1) is 19.1. The van der Waals surface area contributed by atoms with E-state index in [9.17, 15) is 13.2 Å². The number of benzene rings is 1. The number of hydrogen-bond donors (Lipinski definition) is 2. The zero-order valence-corrected chi connectivity index (χ0v) is 15.9. The molecule has 3 aromatic rings. The SMILES string of the molecule is O=C(Nc1ccncc1)c1cccc(NS(=O)(=O)c2ccc(Cl)nc2Cl)c1. The lowest BCUT2D eigenvalue weighted by molar-refractivity contribution is 0.102. The molecule has 0 radical (unpaired) electrons. The van der Waals surface area contributed by atoms with Gasteiger partial charge in [-0.15, -0.1) is 0 Å². The maximum absolute atomic E-state index is 12.5. The van der Waals surface area contributed by atoms with E-state index in [2.05, 4.69) is 20.0 Å². The molecule has 0 aliphatic heterocycles. The van der Waals surface area contributed by atoms with Gasteiger partial charge in [0.15, 0.2) is 5.15 Å². The topological polar surface area (TPSA) is 101 Å². The van der Waals surface area contributed by atoms with Crippen LogP contribution in [0.5, 0.6) is 0 Å². The van der Waals surface area contributed by atoms with Crippen LogP contribution < -0.4 is 10.0 Å². The molecule has 0 aliphatic rings. The molecule has 3 rings (SSSR count). The number of sulfonamides is 1. The third-order valence-corrected chi connectivity index (χ3v) is 5.41. The number of anilines is 2. The average Bonchev–Trinajstić information content (AvgIpc) is 2.62. The third-order valence-electron chi connectivity index (χ3n) is 3.39. The van der Waals surface area contributed by atoms with Crippen LogP contribution >= 0.6 is 23.2 Å². The van der Waals surface area contributed by atoms with Crippen molar-refractivity contribution >= 4 is 50.5 Å². The van der Waals surface area contributed by atoms with Crippen LogP contribution in [0.25, 0.3) is 0 Å². The minimum absolute atomic E-state index is 0.0775. The van der Waals surface area contributed by atoms with Gasteiger partial charge in [0.2, 0.25) is 0 Å². The van der Waals surface area contributed by atoms with Gasteiger partial charge in [-0.25, -0.2) is 13.4 Å². The van der Waals surface area contributed by atoms with Crippen molar-refractivity contribution in [3.8, 4) is 0 Å². The average molecular weight is 423 g/mol. The normalized spacial score (nSPS) is 11.0. The monoisotopic (exact) mass is 422 g/mol. The number of aromatic nitrogens is 2. The van der Waals surface area contributed by atoms with Gasteiger partial charge in [0.05, 0.1) is 0 Å². The van der Waals surface area contributed by atoms with Gasteiger partial charge in [0, 0.05) is 29.3 Å². The van der Waals surface area contributed by atoms with Crippen LogP contribution in [0.3, 0.4) is 0 Å². The molecule has 2 N–H and O–H groups in total. The van der Waals surface area contributed by atoms with E-state index in [1.54, 1.807) is 36.7 Å². The summed E-state index contributed by atoms with van der Waals surface area (Å²) in [6, 6.07) is 11.9. The van der Waals surface area contributed by atoms with Gasteiger partial charge in [0.25, 0.3) is 15.9 Å². The number of hydrogen-bond acceptors (Lipinski definition) is 5. The molecule has 0 spiro atoms. The first-order valence-corrected chi connectivity index (χ1v) is 9.75. The molecule has 0 atom stereocenters. The lowest BCUT2D eigenvalue weighted by Crippen LogP contribution is -2.15. The lowest BCUT2D eigenvalue weighted by atomic mass is 10.2. The zero-order chi connectivity index (χ0) is 19.4. The Morgan fingerprint density at radius 2 is 1.70 bits per heavy atom. The third kappa shape index (κ3) is 4.73. The Labute approximate surface area is 165 Å². The van der Waals surface area contributed by atoms with Crippen LogP contribution in [0, 0.1) is 0 Å². The van der Waals surface area contributed by atoms with Crippen molar-refractivity contribution in [1.29, 1.82) is 0 Å². The second kappa shape index (κ2) is 7.91. The first-order chi connectivity index (χ1) is 12.8. The van der Waals surface area contributed by atoms with Crippen LogP contribution in [0.1, 0.15) is 10.4 Å². The molecule has 1 aromatic carbocycles. The fraction of sp³-hybridized carbons (Fsp3) is 0. The molecular weight excluding hydrogens is 411 g/mol. The summed E-state index contributed by atoms with van der Waals surface area (Å²) in [6.07, 6.45) is 3.09. The van der Waals surface area contributed by atoms with Gasteiger partial charge in [-0.3, -0.25) is 14.5 Å². The highest BCUT2D eigenvalue weighted by molar-refractivity contribution is 7.92. The minimum Gasteiger partial charge on any atom is -0.322 e. The van der Waals surface area contributed by atoms with E-state index in [1.807, 2.05) is 0 Å². The molecule has 2 aromatic heterocycles. The van der Waals surface area contributed by atoms with Crippen molar-refractivity contribution in [3.63, 3.8) is 0 Å². The van der Waals surface area contributed by atoms with E-state index in [0.717, 1.165) is 0 Å². The summed E-state index contributed by atoms with van der Waals surface area (Å²) in [5, 5.41) is 2.52. The van der Waals surface area contributed by atoms with E-state index < -0.39 is 15.9 Å². The highest BCUT2D eigenvalue weighted by atomic mass is 35.5. The quantitative estimate of drug-likeness (QED) is 0.608. The summed E-state index contributed by atoms with van der Waals surface area (Å²) in [5.74, 6) is -0.395. The minimum atomic E-state index is -4.01. The van der Waals surface area contributed by atoms with E-state index >= 15 is 0 Å². The number of nitrogens with zero attached hydrogens (tertiary/aromatic N) is 2. The molecule has 0 saturated heterocycles. The Morgan fingerprint density at radius 3 is 2.41 bits per heavy atom. The van der Waals surface area contributed by atoms with Crippen molar-refractivity contribution in [2.45, 2.75) is 4.90 Å². The summed E-state index contributed by atoms with van der Waals surface area (Å²) < 4.78 is 27.4. The van der Waals surface area contributed by atoms with Crippen molar-refractivity contribution in [3.05, 3.63) is 76.8 Å². The second-order valence-corrected chi connectivity index (χ2v) is 7.70. The van der Waals surface area contributed by atoms with E-state index in [1.165, 1.54) is 24.3 Å². The molecular formula is C17H12Cl2N4O3S. The number of pyridine rings is 2. The summed E-state index contributed by atoms with van der Waals surface area (Å²) in [5.41, 5.74) is 1.04. The Kier molecular flexibility index (Phi) is 5.59. The van der Waals surface area contributed by atoms with Crippen LogP contribution in [-0.2, 0) is 10.0 Å². The number of rotatable bonds is 5. The highest BCUT2D eigenvalue weighted by Crippen LogP contribution is 2.24. The molecule has 7 nitrogen and oxygen atoms in total. The molecule has 0 fully saturated rings. The maximum Gasteiger partial charge on any atom is 0.264 e. The largest absolute Gasteiger partial charge is 0.322 e.